The van der Waals surface area contributed by atoms with Gasteiger partial charge in [-0.05, 0) is 30.2 Å². The van der Waals surface area contributed by atoms with Crippen LogP contribution >= 0.6 is 0 Å². The number of nitro groups is 1. The van der Waals surface area contributed by atoms with Gasteiger partial charge in [0.05, 0.1) is 4.92 Å². The van der Waals surface area contributed by atoms with Crippen LogP contribution in [0.1, 0.15) is 18.9 Å². The zero-order valence-electron chi connectivity index (χ0n) is 8.71. The van der Waals surface area contributed by atoms with E-state index in [0.29, 0.717) is 12.0 Å². The van der Waals surface area contributed by atoms with Crippen LogP contribution in [0.2, 0.25) is 0 Å². The normalized spacial score (nSPS) is 11.2. The van der Waals surface area contributed by atoms with E-state index in [2.05, 4.69) is 0 Å². The summed E-state index contributed by atoms with van der Waals surface area (Å²) >= 11 is 0. The lowest BCUT2D eigenvalue weighted by molar-refractivity contribution is -0.384. The van der Waals surface area contributed by atoms with Crippen LogP contribution in [0.3, 0.4) is 0 Å². The van der Waals surface area contributed by atoms with E-state index in [4.69, 9.17) is 5.11 Å². The van der Waals surface area contributed by atoms with Gasteiger partial charge in [0.1, 0.15) is 0 Å². The molecule has 0 bridgehead atoms. The van der Waals surface area contributed by atoms with Crippen molar-refractivity contribution in [3.63, 3.8) is 0 Å². The Balaban J connectivity index is 2.98. The molecule has 0 radical (unpaired) electrons. The number of carbonyl (C=O) groups is 1. The number of aliphatic carboxylic acids is 1. The first kappa shape index (κ1) is 11.9. The molecule has 0 spiro atoms. The summed E-state index contributed by atoms with van der Waals surface area (Å²) in [4.78, 5) is 20.6. The van der Waals surface area contributed by atoms with Crippen molar-refractivity contribution in [2.45, 2.75) is 13.3 Å². The van der Waals surface area contributed by atoms with Gasteiger partial charge >= 0.3 is 5.97 Å². The van der Waals surface area contributed by atoms with E-state index in [0.717, 1.165) is 0 Å². The Kier molecular flexibility index (Phi) is 3.77. The van der Waals surface area contributed by atoms with E-state index in [1.165, 1.54) is 30.3 Å². The topological polar surface area (TPSA) is 80.4 Å². The van der Waals surface area contributed by atoms with Crippen molar-refractivity contribution in [2.75, 3.05) is 0 Å². The van der Waals surface area contributed by atoms with Crippen LogP contribution < -0.4 is 0 Å². The van der Waals surface area contributed by atoms with Gasteiger partial charge in [-0.3, -0.25) is 10.1 Å². The molecule has 0 saturated carbocycles. The van der Waals surface area contributed by atoms with E-state index in [1.54, 1.807) is 6.92 Å². The van der Waals surface area contributed by atoms with Gasteiger partial charge in [-0.1, -0.05) is 6.92 Å². The third-order valence-corrected chi connectivity index (χ3v) is 2.10. The molecule has 84 valence electrons. The molecule has 5 heteroatoms. The molecule has 1 aromatic rings. The van der Waals surface area contributed by atoms with Crippen molar-refractivity contribution in [3.8, 4) is 0 Å². The third-order valence-electron chi connectivity index (χ3n) is 2.10. The van der Waals surface area contributed by atoms with Crippen LogP contribution in [0.15, 0.2) is 29.8 Å². The maximum atomic E-state index is 10.7. The molecule has 0 aromatic heterocycles. The molecule has 0 aliphatic heterocycles. The molecule has 0 atom stereocenters. The molecule has 0 aliphatic carbocycles. The highest BCUT2D eigenvalue weighted by molar-refractivity contribution is 5.92. The highest BCUT2D eigenvalue weighted by Crippen LogP contribution is 2.15. The average Bonchev–Trinajstić information content (AvgIpc) is 2.26. The van der Waals surface area contributed by atoms with Crippen LogP contribution in [-0.2, 0) is 4.79 Å². The summed E-state index contributed by atoms with van der Waals surface area (Å²) in [5, 5.41) is 19.2. The molecule has 16 heavy (non-hydrogen) atoms. The highest BCUT2D eigenvalue weighted by atomic mass is 16.6. The van der Waals surface area contributed by atoms with Crippen molar-refractivity contribution >= 4 is 17.7 Å². The van der Waals surface area contributed by atoms with Crippen LogP contribution in [0.5, 0.6) is 0 Å². The predicted octanol–water partition coefficient (Wildman–Crippen LogP) is 2.47. The van der Waals surface area contributed by atoms with Crippen molar-refractivity contribution < 1.29 is 14.8 Å². The fourth-order valence-electron chi connectivity index (χ4n) is 1.21. The quantitative estimate of drug-likeness (QED) is 0.481. The lowest BCUT2D eigenvalue weighted by atomic mass is 10.1. The molecular formula is C11H11NO4. The minimum atomic E-state index is -0.971. The summed E-state index contributed by atoms with van der Waals surface area (Å²) < 4.78 is 0. The highest BCUT2D eigenvalue weighted by Gasteiger charge is 2.06. The second-order valence-corrected chi connectivity index (χ2v) is 3.18. The van der Waals surface area contributed by atoms with Gasteiger partial charge in [0.15, 0.2) is 0 Å². The molecule has 0 aliphatic rings. The van der Waals surface area contributed by atoms with Gasteiger partial charge in [-0.15, -0.1) is 0 Å². The number of hydrogen-bond acceptors (Lipinski definition) is 3. The summed E-state index contributed by atoms with van der Waals surface area (Å²) in [7, 11) is 0. The fourth-order valence-corrected chi connectivity index (χ4v) is 1.21. The lowest BCUT2D eigenvalue weighted by Crippen LogP contribution is -1.98. The van der Waals surface area contributed by atoms with Crippen molar-refractivity contribution in [2.24, 2.45) is 0 Å². The van der Waals surface area contributed by atoms with Crippen molar-refractivity contribution in [1.82, 2.24) is 0 Å². The largest absolute Gasteiger partial charge is 0.478 e. The van der Waals surface area contributed by atoms with E-state index in [9.17, 15) is 14.9 Å². The van der Waals surface area contributed by atoms with Gasteiger partial charge in [0.2, 0.25) is 0 Å². The number of non-ortho nitro benzene ring substituents is 1. The Morgan fingerprint density at radius 1 is 1.44 bits per heavy atom. The summed E-state index contributed by atoms with van der Waals surface area (Å²) in [5.41, 5.74) is 0.907. The molecule has 0 unspecified atom stereocenters. The van der Waals surface area contributed by atoms with E-state index in [-0.39, 0.29) is 11.3 Å². The number of carboxylic acid groups (broad SMARTS) is 1. The van der Waals surface area contributed by atoms with Gasteiger partial charge in [0, 0.05) is 17.7 Å². The maximum absolute atomic E-state index is 10.7. The molecule has 5 nitrogen and oxygen atoms in total. The Labute approximate surface area is 92.2 Å². The zero-order chi connectivity index (χ0) is 12.1. The fraction of sp³-hybridized carbons (Fsp3) is 0.182. The number of hydrogen-bond donors (Lipinski definition) is 1. The monoisotopic (exact) mass is 221 g/mol. The first-order valence-electron chi connectivity index (χ1n) is 4.73. The molecule has 1 rings (SSSR count). The standard InChI is InChI=1S/C11H11NO4/c1-2-9(11(13)14)7-8-3-5-10(6-4-8)12(15)16/h3-7H,2H2,1H3,(H,13,14)/b9-7+. The minimum Gasteiger partial charge on any atom is -0.478 e. The van der Waals surface area contributed by atoms with Gasteiger partial charge in [-0.25, -0.2) is 4.79 Å². The number of carboxylic acids is 1. The van der Waals surface area contributed by atoms with Crippen LogP contribution in [0.4, 0.5) is 5.69 Å². The van der Waals surface area contributed by atoms with E-state index in [1.807, 2.05) is 0 Å². The predicted molar refractivity (Wildman–Crippen MR) is 59.0 cm³/mol. The Bertz CT molecular complexity index is 434. The number of benzene rings is 1. The average molecular weight is 221 g/mol. The molecule has 1 N–H and O–H groups in total. The molecule has 0 heterocycles. The van der Waals surface area contributed by atoms with Crippen LogP contribution in [-0.4, -0.2) is 16.0 Å². The van der Waals surface area contributed by atoms with Gasteiger partial charge in [0.25, 0.3) is 5.69 Å². The van der Waals surface area contributed by atoms with E-state index >= 15 is 0 Å². The van der Waals surface area contributed by atoms with Crippen molar-refractivity contribution in [3.05, 3.63) is 45.5 Å². The second kappa shape index (κ2) is 5.06. The Hall–Kier alpha value is -2.17. The number of nitrogens with zero attached hydrogens (tertiary/aromatic N) is 1. The third kappa shape index (κ3) is 2.91. The molecule has 1 aromatic carbocycles. The van der Waals surface area contributed by atoms with E-state index < -0.39 is 10.9 Å². The van der Waals surface area contributed by atoms with Gasteiger partial charge in [-0.2, -0.15) is 0 Å². The first-order chi connectivity index (χ1) is 7.54. The summed E-state index contributed by atoms with van der Waals surface area (Å²) in [6, 6.07) is 5.75. The summed E-state index contributed by atoms with van der Waals surface area (Å²) in [5.74, 6) is -0.971. The maximum Gasteiger partial charge on any atom is 0.331 e. The molecule has 0 saturated heterocycles. The zero-order valence-corrected chi connectivity index (χ0v) is 8.71. The number of rotatable bonds is 4. The molecule has 0 amide bonds. The lowest BCUT2D eigenvalue weighted by Gasteiger charge is -1.98. The smallest absolute Gasteiger partial charge is 0.331 e. The molecular weight excluding hydrogens is 210 g/mol. The SMILES string of the molecule is CC/C(=C\c1ccc([N+](=O)[O-])cc1)C(=O)O. The second-order valence-electron chi connectivity index (χ2n) is 3.18. The van der Waals surface area contributed by atoms with Crippen molar-refractivity contribution in [1.29, 1.82) is 0 Å². The van der Waals surface area contributed by atoms with Crippen LogP contribution in [0.25, 0.3) is 6.08 Å². The molecule has 0 fully saturated rings. The van der Waals surface area contributed by atoms with Crippen LogP contribution in [0, 0.1) is 10.1 Å². The summed E-state index contributed by atoms with van der Waals surface area (Å²) in [6.45, 7) is 1.74. The van der Waals surface area contributed by atoms with Gasteiger partial charge < -0.3 is 5.11 Å². The Morgan fingerprint density at radius 2 is 2.00 bits per heavy atom. The first-order valence-corrected chi connectivity index (χ1v) is 4.73. The number of nitro benzene ring substituents is 1. The minimum absolute atomic E-state index is 0.00877. The Morgan fingerprint density at radius 3 is 2.38 bits per heavy atom. The summed E-state index contributed by atoms with van der Waals surface area (Å²) in [6.07, 6.45) is 1.92.